The fourth-order valence-corrected chi connectivity index (χ4v) is 3.87. The van der Waals surface area contributed by atoms with Crippen LogP contribution in [0.1, 0.15) is 71.5 Å². The highest BCUT2D eigenvalue weighted by Crippen LogP contribution is 2.41. The maximum absolute atomic E-state index is 13.1. The molecule has 0 aliphatic carbocycles. The van der Waals surface area contributed by atoms with E-state index >= 15 is 0 Å². The molecule has 0 unspecified atom stereocenters. The summed E-state index contributed by atoms with van der Waals surface area (Å²) in [5.74, 6) is 0.115. The summed E-state index contributed by atoms with van der Waals surface area (Å²) in [6, 6.07) is 19.9. The van der Waals surface area contributed by atoms with Crippen LogP contribution >= 0.6 is 0 Å². The van der Waals surface area contributed by atoms with Crippen molar-refractivity contribution in [2.75, 3.05) is 0 Å². The Labute approximate surface area is 196 Å². The molecule has 4 nitrogen and oxygen atoms in total. The highest BCUT2D eigenvalue weighted by molar-refractivity contribution is 5.93. The Kier molecular flexibility index (Phi) is 8.42. The number of aryl methyl sites for hydroxylation is 2. The molecule has 0 amide bonds. The molecular weight excluding hydrogens is 412 g/mol. The molecule has 3 rings (SSSR count). The highest BCUT2D eigenvalue weighted by atomic mass is 16.6. The Hall–Kier alpha value is -3.40. The van der Waals surface area contributed by atoms with Gasteiger partial charge in [-0.25, -0.2) is 9.59 Å². The lowest BCUT2D eigenvalue weighted by Crippen LogP contribution is -2.17. The normalized spacial score (nSPS) is 10.8. The second-order valence-electron chi connectivity index (χ2n) is 8.54. The smallest absolute Gasteiger partial charge is 0.343 e. The number of ether oxygens (including phenoxy) is 2. The van der Waals surface area contributed by atoms with E-state index in [9.17, 15) is 9.59 Å². The van der Waals surface area contributed by atoms with Crippen LogP contribution in [0.2, 0.25) is 0 Å². The van der Waals surface area contributed by atoms with Gasteiger partial charge in [-0.05, 0) is 60.6 Å². The molecule has 0 aliphatic heterocycles. The van der Waals surface area contributed by atoms with Gasteiger partial charge in [0.05, 0.1) is 11.1 Å². The average molecular weight is 445 g/mol. The van der Waals surface area contributed by atoms with E-state index in [0.29, 0.717) is 41.4 Å². The molecule has 0 heterocycles. The van der Waals surface area contributed by atoms with Gasteiger partial charge in [0.15, 0.2) is 11.5 Å². The number of hydrogen-bond donors (Lipinski definition) is 0. The van der Waals surface area contributed by atoms with Crippen LogP contribution in [0.4, 0.5) is 0 Å². The molecule has 0 fully saturated rings. The lowest BCUT2D eigenvalue weighted by Gasteiger charge is -2.22. The zero-order valence-electron chi connectivity index (χ0n) is 19.9. The lowest BCUT2D eigenvalue weighted by molar-refractivity contribution is 0.0679. The highest BCUT2D eigenvalue weighted by Gasteiger charge is 2.25. The quantitative estimate of drug-likeness (QED) is 0.268. The largest absolute Gasteiger partial charge is 0.419 e. The summed E-state index contributed by atoms with van der Waals surface area (Å²) in [4.78, 5) is 26.1. The molecule has 0 radical (unpaired) electrons. The first-order chi connectivity index (χ1) is 15.9. The second kappa shape index (κ2) is 11.5. The molecule has 3 aromatic rings. The molecule has 0 bridgehead atoms. The Bertz CT molecular complexity index is 1090. The molecule has 0 saturated carbocycles. The minimum Gasteiger partial charge on any atom is -0.419 e. The third kappa shape index (κ3) is 6.10. The summed E-state index contributed by atoms with van der Waals surface area (Å²) in [5, 5.41) is 0. The lowest BCUT2D eigenvalue weighted by atomic mass is 9.91. The number of carbonyl (C=O) groups is 2. The molecule has 0 aliphatic rings. The average Bonchev–Trinajstić information content (AvgIpc) is 2.83. The first-order valence-corrected chi connectivity index (χ1v) is 11.7. The SMILES string of the molecule is CCCc1cc(CC)c(CC(C)C)c(OC(=O)c2ccccc2)c1OC(=O)c1ccccc1. The molecule has 4 heteroatoms. The van der Waals surface area contributed by atoms with Crippen LogP contribution in [0.25, 0.3) is 0 Å². The van der Waals surface area contributed by atoms with Crippen molar-refractivity contribution < 1.29 is 19.1 Å². The van der Waals surface area contributed by atoms with Crippen molar-refractivity contribution in [3.05, 3.63) is 94.5 Å². The minimum absolute atomic E-state index is 0.333. The summed E-state index contributed by atoms with van der Waals surface area (Å²) in [6.07, 6.45) is 3.08. The maximum Gasteiger partial charge on any atom is 0.343 e. The van der Waals surface area contributed by atoms with Crippen molar-refractivity contribution >= 4 is 11.9 Å². The topological polar surface area (TPSA) is 52.6 Å². The van der Waals surface area contributed by atoms with Gasteiger partial charge in [-0.15, -0.1) is 0 Å². The van der Waals surface area contributed by atoms with Gasteiger partial charge < -0.3 is 9.47 Å². The van der Waals surface area contributed by atoms with Crippen LogP contribution in [-0.2, 0) is 19.3 Å². The predicted molar refractivity (Wildman–Crippen MR) is 131 cm³/mol. The van der Waals surface area contributed by atoms with Gasteiger partial charge in [0.1, 0.15) is 0 Å². The molecular formula is C29H32O4. The molecule has 0 aromatic heterocycles. The standard InChI is InChI=1S/C29H32O4/c1-5-13-24-19-21(6-2)25(18-20(3)4)27(33-29(31)23-16-11-8-12-17-23)26(24)32-28(30)22-14-9-7-10-15-22/h7-12,14-17,19-20H,5-6,13,18H2,1-4H3. The van der Waals surface area contributed by atoms with E-state index in [-0.39, 0.29) is 0 Å². The summed E-state index contributed by atoms with van der Waals surface area (Å²) in [6.45, 7) is 8.41. The van der Waals surface area contributed by atoms with Gasteiger partial charge in [-0.1, -0.05) is 76.6 Å². The molecule has 172 valence electrons. The van der Waals surface area contributed by atoms with Gasteiger partial charge in [0, 0.05) is 5.56 Å². The van der Waals surface area contributed by atoms with E-state index in [1.54, 1.807) is 48.5 Å². The van der Waals surface area contributed by atoms with Gasteiger partial charge in [0.2, 0.25) is 0 Å². The van der Waals surface area contributed by atoms with Crippen LogP contribution in [0.5, 0.6) is 11.5 Å². The third-order valence-corrected chi connectivity index (χ3v) is 5.43. The van der Waals surface area contributed by atoms with Crippen LogP contribution in [-0.4, -0.2) is 11.9 Å². The fraction of sp³-hybridized carbons (Fsp3) is 0.310. The van der Waals surface area contributed by atoms with Gasteiger partial charge in [0.25, 0.3) is 0 Å². The number of esters is 2. The zero-order chi connectivity index (χ0) is 23.8. The summed E-state index contributed by atoms with van der Waals surface area (Å²) in [7, 11) is 0. The maximum atomic E-state index is 13.1. The first kappa shape index (κ1) is 24.2. The van der Waals surface area contributed by atoms with Crippen molar-refractivity contribution in [1.82, 2.24) is 0 Å². The van der Waals surface area contributed by atoms with Crippen molar-refractivity contribution in [1.29, 1.82) is 0 Å². The van der Waals surface area contributed by atoms with Crippen molar-refractivity contribution in [3.63, 3.8) is 0 Å². The van der Waals surface area contributed by atoms with E-state index in [1.165, 1.54) is 0 Å². The van der Waals surface area contributed by atoms with Crippen molar-refractivity contribution in [2.45, 2.75) is 53.4 Å². The van der Waals surface area contributed by atoms with E-state index in [2.05, 4.69) is 33.8 Å². The van der Waals surface area contributed by atoms with Crippen molar-refractivity contribution in [3.8, 4) is 11.5 Å². The number of carbonyl (C=O) groups excluding carboxylic acids is 2. The molecule has 0 atom stereocenters. The number of benzene rings is 3. The van der Waals surface area contributed by atoms with E-state index in [1.807, 2.05) is 12.1 Å². The third-order valence-electron chi connectivity index (χ3n) is 5.43. The van der Waals surface area contributed by atoms with Gasteiger partial charge in [-0.3, -0.25) is 0 Å². The van der Waals surface area contributed by atoms with Gasteiger partial charge >= 0.3 is 11.9 Å². The Balaban J connectivity index is 2.15. The van der Waals surface area contributed by atoms with Crippen LogP contribution in [0, 0.1) is 5.92 Å². The van der Waals surface area contributed by atoms with Gasteiger partial charge in [-0.2, -0.15) is 0 Å². The monoisotopic (exact) mass is 444 g/mol. The Morgan fingerprint density at radius 1 is 0.758 bits per heavy atom. The Morgan fingerprint density at radius 3 is 1.73 bits per heavy atom. The predicted octanol–water partition coefficient (Wildman–Crippen LogP) is 6.84. The summed E-state index contributed by atoms with van der Waals surface area (Å²) < 4.78 is 12.0. The molecule has 3 aromatic carbocycles. The van der Waals surface area contributed by atoms with Crippen LogP contribution in [0.3, 0.4) is 0 Å². The van der Waals surface area contributed by atoms with E-state index in [0.717, 1.165) is 29.5 Å². The van der Waals surface area contributed by atoms with Crippen LogP contribution in [0.15, 0.2) is 66.7 Å². The summed E-state index contributed by atoms with van der Waals surface area (Å²) >= 11 is 0. The van der Waals surface area contributed by atoms with Crippen LogP contribution < -0.4 is 9.47 Å². The second-order valence-corrected chi connectivity index (χ2v) is 8.54. The van der Waals surface area contributed by atoms with Crippen molar-refractivity contribution in [2.24, 2.45) is 5.92 Å². The Morgan fingerprint density at radius 2 is 1.27 bits per heavy atom. The molecule has 0 spiro atoms. The molecule has 0 N–H and O–H groups in total. The molecule has 0 saturated heterocycles. The van der Waals surface area contributed by atoms with E-state index in [4.69, 9.17) is 9.47 Å². The summed E-state index contributed by atoms with van der Waals surface area (Å²) in [5.41, 5.74) is 3.81. The first-order valence-electron chi connectivity index (χ1n) is 11.7. The molecule has 33 heavy (non-hydrogen) atoms. The zero-order valence-corrected chi connectivity index (χ0v) is 19.9. The minimum atomic E-state index is -0.468. The van der Waals surface area contributed by atoms with E-state index < -0.39 is 11.9 Å². The fourth-order valence-electron chi connectivity index (χ4n) is 3.87. The number of hydrogen-bond acceptors (Lipinski definition) is 4. The number of rotatable bonds is 9.